The van der Waals surface area contributed by atoms with Crippen LogP contribution in [0.3, 0.4) is 0 Å². The van der Waals surface area contributed by atoms with Gasteiger partial charge in [-0.3, -0.25) is 14.9 Å². The minimum atomic E-state index is -4.51. The molecule has 154 valence electrons. The first-order valence-corrected chi connectivity index (χ1v) is 9.02. The second-order valence-corrected chi connectivity index (χ2v) is 6.90. The topological polar surface area (TPSA) is 96.0 Å². The summed E-state index contributed by atoms with van der Waals surface area (Å²) in [5.74, 6) is -0.553. The van der Waals surface area contributed by atoms with E-state index >= 15 is 0 Å². The van der Waals surface area contributed by atoms with Crippen LogP contribution in [-0.2, 0) is 15.8 Å². The molecule has 1 saturated heterocycles. The standard InChI is InChI=1S/C18H17ClF3N5O2/c1-9(11-4-3-10(7-12(11)19)18(20,21)22)25-17(29)13-8-14(28)27-16(26-13)15-23-5-2-6-24-15/h2-7,9,13,16,26H,8H2,1H3,(H,25,29)(H,27,28). The quantitative estimate of drug-likeness (QED) is 0.696. The van der Waals surface area contributed by atoms with Crippen molar-refractivity contribution in [3.63, 3.8) is 0 Å². The predicted octanol–water partition coefficient (Wildman–Crippen LogP) is 2.50. The van der Waals surface area contributed by atoms with E-state index < -0.39 is 35.9 Å². The van der Waals surface area contributed by atoms with Crippen molar-refractivity contribution in [1.29, 1.82) is 0 Å². The number of aromatic nitrogens is 2. The molecule has 7 nitrogen and oxygen atoms in total. The predicted molar refractivity (Wildman–Crippen MR) is 97.5 cm³/mol. The number of alkyl halides is 3. The molecule has 0 radical (unpaired) electrons. The van der Waals surface area contributed by atoms with Crippen LogP contribution in [0.15, 0.2) is 36.7 Å². The van der Waals surface area contributed by atoms with E-state index in [1.54, 1.807) is 13.0 Å². The molecule has 29 heavy (non-hydrogen) atoms. The molecule has 2 amide bonds. The minimum Gasteiger partial charge on any atom is -0.348 e. The lowest BCUT2D eigenvalue weighted by Gasteiger charge is -2.30. The highest BCUT2D eigenvalue weighted by Gasteiger charge is 2.34. The van der Waals surface area contributed by atoms with E-state index in [1.807, 2.05) is 0 Å². The summed E-state index contributed by atoms with van der Waals surface area (Å²) in [6, 6.07) is 3.02. The maximum atomic E-state index is 12.8. The molecule has 1 fully saturated rings. The molecule has 2 aromatic rings. The van der Waals surface area contributed by atoms with Gasteiger partial charge >= 0.3 is 6.18 Å². The van der Waals surface area contributed by atoms with Gasteiger partial charge in [0.1, 0.15) is 6.17 Å². The lowest BCUT2D eigenvalue weighted by atomic mass is 10.0. The fourth-order valence-electron chi connectivity index (χ4n) is 2.92. The van der Waals surface area contributed by atoms with Crippen molar-refractivity contribution in [3.8, 4) is 0 Å². The number of amides is 2. The van der Waals surface area contributed by atoms with Gasteiger partial charge in [0.15, 0.2) is 5.82 Å². The summed E-state index contributed by atoms with van der Waals surface area (Å²) in [5.41, 5.74) is -0.544. The molecule has 3 atom stereocenters. The van der Waals surface area contributed by atoms with Gasteiger partial charge < -0.3 is 10.6 Å². The van der Waals surface area contributed by atoms with E-state index in [4.69, 9.17) is 11.6 Å². The molecule has 1 aliphatic heterocycles. The zero-order chi connectivity index (χ0) is 21.2. The van der Waals surface area contributed by atoms with Crippen molar-refractivity contribution >= 4 is 23.4 Å². The average Bonchev–Trinajstić information content (AvgIpc) is 2.67. The minimum absolute atomic E-state index is 0.109. The Bertz CT molecular complexity index is 910. The second kappa shape index (κ2) is 8.34. The molecule has 3 N–H and O–H groups in total. The van der Waals surface area contributed by atoms with Crippen LogP contribution in [0.25, 0.3) is 0 Å². The summed E-state index contributed by atoms with van der Waals surface area (Å²) in [6.07, 6.45) is -2.34. The van der Waals surface area contributed by atoms with E-state index in [0.29, 0.717) is 11.4 Å². The van der Waals surface area contributed by atoms with E-state index in [2.05, 4.69) is 25.9 Å². The Labute approximate surface area is 169 Å². The van der Waals surface area contributed by atoms with Crippen molar-refractivity contribution in [1.82, 2.24) is 25.9 Å². The molecule has 2 heterocycles. The van der Waals surface area contributed by atoms with Gasteiger partial charge in [-0.25, -0.2) is 9.97 Å². The third-order valence-corrected chi connectivity index (χ3v) is 4.70. The van der Waals surface area contributed by atoms with E-state index in [1.165, 1.54) is 18.5 Å². The summed E-state index contributed by atoms with van der Waals surface area (Å²) >= 11 is 5.98. The SMILES string of the molecule is CC(NC(=O)C1CC(=O)NC(c2ncccn2)N1)c1ccc(C(F)(F)F)cc1Cl. The monoisotopic (exact) mass is 427 g/mol. The average molecular weight is 428 g/mol. The van der Waals surface area contributed by atoms with Crippen LogP contribution in [0.5, 0.6) is 0 Å². The van der Waals surface area contributed by atoms with Crippen molar-refractivity contribution < 1.29 is 22.8 Å². The highest BCUT2D eigenvalue weighted by molar-refractivity contribution is 6.31. The zero-order valence-corrected chi connectivity index (χ0v) is 15.9. The first-order valence-electron chi connectivity index (χ1n) is 8.64. The fourth-order valence-corrected chi connectivity index (χ4v) is 3.26. The van der Waals surface area contributed by atoms with Gasteiger partial charge in [0.25, 0.3) is 0 Å². The van der Waals surface area contributed by atoms with Gasteiger partial charge in [-0.2, -0.15) is 13.2 Å². The normalized spacial score (nSPS) is 20.7. The molecular weight excluding hydrogens is 411 g/mol. The second-order valence-electron chi connectivity index (χ2n) is 6.50. The summed E-state index contributed by atoms with van der Waals surface area (Å²) in [6.45, 7) is 1.59. The number of carbonyl (C=O) groups is 2. The maximum absolute atomic E-state index is 12.8. The van der Waals surface area contributed by atoms with Gasteiger partial charge in [0.2, 0.25) is 11.8 Å². The highest BCUT2D eigenvalue weighted by atomic mass is 35.5. The Kier molecular flexibility index (Phi) is 6.04. The van der Waals surface area contributed by atoms with Crippen LogP contribution in [0.1, 0.15) is 42.5 Å². The van der Waals surface area contributed by atoms with Gasteiger partial charge in [0.05, 0.1) is 24.1 Å². The number of halogens is 4. The van der Waals surface area contributed by atoms with Crippen LogP contribution < -0.4 is 16.0 Å². The van der Waals surface area contributed by atoms with Crippen LogP contribution in [0.4, 0.5) is 13.2 Å². The number of carbonyl (C=O) groups excluding carboxylic acids is 2. The van der Waals surface area contributed by atoms with Crippen molar-refractivity contribution in [2.24, 2.45) is 0 Å². The number of rotatable bonds is 4. The van der Waals surface area contributed by atoms with E-state index in [0.717, 1.165) is 12.1 Å². The molecule has 1 aliphatic rings. The number of nitrogens with zero attached hydrogens (tertiary/aromatic N) is 2. The largest absolute Gasteiger partial charge is 0.416 e. The zero-order valence-electron chi connectivity index (χ0n) is 15.1. The third-order valence-electron chi connectivity index (χ3n) is 4.38. The Morgan fingerprint density at radius 2 is 2.00 bits per heavy atom. The first kappa shape index (κ1) is 21.0. The highest BCUT2D eigenvalue weighted by Crippen LogP contribution is 2.33. The fraction of sp³-hybridized carbons (Fsp3) is 0.333. The Morgan fingerprint density at radius 3 is 2.62 bits per heavy atom. The van der Waals surface area contributed by atoms with Gasteiger partial charge in [-0.05, 0) is 30.7 Å². The Balaban J connectivity index is 1.70. The summed E-state index contributed by atoms with van der Waals surface area (Å²) in [7, 11) is 0. The first-order chi connectivity index (χ1) is 13.6. The van der Waals surface area contributed by atoms with Crippen molar-refractivity contribution in [2.45, 2.75) is 37.8 Å². The molecule has 0 bridgehead atoms. The molecule has 0 spiro atoms. The molecule has 0 saturated carbocycles. The van der Waals surface area contributed by atoms with Gasteiger partial charge in [-0.15, -0.1) is 0 Å². The molecule has 1 aromatic carbocycles. The summed E-state index contributed by atoms with van der Waals surface area (Å²) in [4.78, 5) is 32.7. The lowest BCUT2D eigenvalue weighted by Crippen LogP contribution is -2.56. The van der Waals surface area contributed by atoms with Crippen LogP contribution in [0.2, 0.25) is 5.02 Å². The van der Waals surface area contributed by atoms with Crippen molar-refractivity contribution in [2.75, 3.05) is 0 Å². The van der Waals surface area contributed by atoms with Gasteiger partial charge in [0, 0.05) is 17.4 Å². The smallest absolute Gasteiger partial charge is 0.348 e. The Morgan fingerprint density at radius 1 is 1.31 bits per heavy atom. The van der Waals surface area contributed by atoms with Gasteiger partial charge in [-0.1, -0.05) is 17.7 Å². The summed E-state index contributed by atoms with van der Waals surface area (Å²) in [5, 5.41) is 8.16. The summed E-state index contributed by atoms with van der Waals surface area (Å²) < 4.78 is 38.3. The number of hydrogen-bond acceptors (Lipinski definition) is 5. The molecule has 11 heteroatoms. The molecule has 1 aromatic heterocycles. The van der Waals surface area contributed by atoms with E-state index in [9.17, 15) is 22.8 Å². The van der Waals surface area contributed by atoms with E-state index in [-0.39, 0.29) is 17.4 Å². The lowest BCUT2D eigenvalue weighted by molar-refractivity contribution is -0.137. The number of benzene rings is 1. The number of nitrogens with one attached hydrogen (secondary N) is 3. The van der Waals surface area contributed by atoms with Crippen LogP contribution >= 0.6 is 11.6 Å². The third kappa shape index (κ3) is 5.01. The molecule has 3 rings (SSSR count). The van der Waals surface area contributed by atoms with Crippen molar-refractivity contribution in [3.05, 3.63) is 58.6 Å². The van der Waals surface area contributed by atoms with Crippen LogP contribution in [-0.4, -0.2) is 27.8 Å². The van der Waals surface area contributed by atoms with Crippen LogP contribution in [0, 0.1) is 0 Å². The molecule has 0 aliphatic carbocycles. The molecule has 3 unspecified atom stereocenters. The Hall–Kier alpha value is -2.72. The maximum Gasteiger partial charge on any atom is 0.416 e. The molecular formula is C18H17ClF3N5O2. The number of hydrogen-bond donors (Lipinski definition) is 3.